The van der Waals surface area contributed by atoms with E-state index in [4.69, 9.17) is 16.7 Å². The van der Waals surface area contributed by atoms with E-state index in [9.17, 15) is 9.59 Å². The molecule has 19 heavy (non-hydrogen) atoms. The molecule has 96 valence electrons. The van der Waals surface area contributed by atoms with E-state index in [1.54, 1.807) is 12.1 Å². The summed E-state index contributed by atoms with van der Waals surface area (Å²) >= 11 is 5.71. The SMILES string of the molecule is O=C(Nc1nccnc1C(=O)O)c1ccc(Cl)cc1. The monoisotopic (exact) mass is 277 g/mol. The van der Waals surface area contributed by atoms with Gasteiger partial charge in [0.2, 0.25) is 0 Å². The molecule has 7 heteroatoms. The minimum absolute atomic E-state index is 0.102. The van der Waals surface area contributed by atoms with Crippen LogP contribution >= 0.6 is 11.6 Å². The third-order valence-corrected chi connectivity index (χ3v) is 2.49. The van der Waals surface area contributed by atoms with Crippen molar-refractivity contribution in [1.82, 2.24) is 9.97 Å². The third-order valence-electron chi connectivity index (χ3n) is 2.24. The summed E-state index contributed by atoms with van der Waals surface area (Å²) in [6.45, 7) is 0. The van der Waals surface area contributed by atoms with Gasteiger partial charge in [0, 0.05) is 23.0 Å². The average molecular weight is 278 g/mol. The lowest BCUT2D eigenvalue weighted by Crippen LogP contribution is -2.16. The van der Waals surface area contributed by atoms with Gasteiger partial charge < -0.3 is 10.4 Å². The number of carbonyl (C=O) groups is 2. The molecule has 1 aromatic carbocycles. The van der Waals surface area contributed by atoms with Gasteiger partial charge in [-0.25, -0.2) is 14.8 Å². The number of anilines is 1. The molecule has 0 unspecified atom stereocenters. The Morgan fingerprint density at radius 1 is 1.11 bits per heavy atom. The number of carboxylic acids is 1. The van der Waals surface area contributed by atoms with Crippen molar-refractivity contribution in [3.8, 4) is 0 Å². The van der Waals surface area contributed by atoms with E-state index in [2.05, 4.69) is 15.3 Å². The molecule has 2 aromatic rings. The fraction of sp³-hybridized carbons (Fsp3) is 0. The van der Waals surface area contributed by atoms with Crippen LogP contribution in [-0.4, -0.2) is 27.0 Å². The normalized spacial score (nSPS) is 9.95. The molecule has 0 saturated heterocycles. The van der Waals surface area contributed by atoms with Crippen molar-refractivity contribution in [1.29, 1.82) is 0 Å². The number of hydrogen-bond donors (Lipinski definition) is 2. The summed E-state index contributed by atoms with van der Waals surface area (Å²) in [5.41, 5.74) is 0.0243. The first-order valence-corrected chi connectivity index (χ1v) is 5.57. The van der Waals surface area contributed by atoms with Crippen LogP contribution in [0.4, 0.5) is 5.82 Å². The number of aromatic carboxylic acids is 1. The molecule has 0 spiro atoms. The first-order chi connectivity index (χ1) is 9.08. The van der Waals surface area contributed by atoms with E-state index in [0.29, 0.717) is 10.6 Å². The number of nitrogens with zero attached hydrogens (tertiary/aromatic N) is 2. The highest BCUT2D eigenvalue weighted by atomic mass is 35.5. The maximum absolute atomic E-state index is 11.9. The summed E-state index contributed by atoms with van der Waals surface area (Å²) in [6, 6.07) is 6.17. The molecular formula is C12H8ClN3O3. The van der Waals surface area contributed by atoms with Gasteiger partial charge in [-0.3, -0.25) is 4.79 Å². The van der Waals surface area contributed by atoms with Gasteiger partial charge >= 0.3 is 5.97 Å². The Hall–Kier alpha value is -2.47. The average Bonchev–Trinajstić information content (AvgIpc) is 2.39. The van der Waals surface area contributed by atoms with Gasteiger partial charge in [-0.2, -0.15) is 0 Å². The molecule has 0 bridgehead atoms. The van der Waals surface area contributed by atoms with Crippen LogP contribution in [0.2, 0.25) is 5.02 Å². The zero-order valence-corrected chi connectivity index (χ0v) is 10.3. The van der Waals surface area contributed by atoms with Gasteiger partial charge in [0.15, 0.2) is 11.5 Å². The van der Waals surface area contributed by atoms with E-state index < -0.39 is 11.9 Å². The zero-order chi connectivity index (χ0) is 13.8. The van der Waals surface area contributed by atoms with Crippen LogP contribution in [-0.2, 0) is 0 Å². The van der Waals surface area contributed by atoms with E-state index >= 15 is 0 Å². The second kappa shape index (κ2) is 5.45. The number of aromatic nitrogens is 2. The second-order valence-corrected chi connectivity index (χ2v) is 3.96. The molecule has 0 saturated carbocycles. The topological polar surface area (TPSA) is 92.2 Å². The molecule has 6 nitrogen and oxygen atoms in total. The van der Waals surface area contributed by atoms with Gasteiger partial charge in [-0.1, -0.05) is 11.6 Å². The first-order valence-electron chi connectivity index (χ1n) is 5.19. The van der Waals surface area contributed by atoms with E-state index in [-0.39, 0.29) is 11.5 Å². The largest absolute Gasteiger partial charge is 0.476 e. The number of nitrogens with one attached hydrogen (secondary N) is 1. The van der Waals surface area contributed by atoms with E-state index in [0.717, 1.165) is 0 Å². The van der Waals surface area contributed by atoms with Crippen LogP contribution in [0.15, 0.2) is 36.7 Å². The molecular weight excluding hydrogens is 270 g/mol. The molecule has 2 N–H and O–H groups in total. The molecule has 1 aromatic heterocycles. The van der Waals surface area contributed by atoms with Crippen molar-refractivity contribution < 1.29 is 14.7 Å². The minimum Gasteiger partial charge on any atom is -0.476 e. The van der Waals surface area contributed by atoms with Gasteiger partial charge in [0.1, 0.15) is 0 Å². The third kappa shape index (κ3) is 3.05. The maximum Gasteiger partial charge on any atom is 0.358 e. The highest BCUT2D eigenvalue weighted by molar-refractivity contribution is 6.30. The lowest BCUT2D eigenvalue weighted by molar-refractivity contribution is 0.0691. The number of amides is 1. The standard InChI is InChI=1S/C12H8ClN3O3/c13-8-3-1-7(2-4-8)11(17)16-10-9(12(18)19)14-5-6-15-10/h1-6H,(H,18,19)(H,15,16,17). The molecule has 0 atom stereocenters. The molecule has 1 heterocycles. The first kappa shape index (κ1) is 13.0. The van der Waals surface area contributed by atoms with Crippen LogP contribution < -0.4 is 5.32 Å². The summed E-state index contributed by atoms with van der Waals surface area (Å²) in [6.07, 6.45) is 2.53. The van der Waals surface area contributed by atoms with Crippen LogP contribution in [0.3, 0.4) is 0 Å². The molecule has 0 aliphatic carbocycles. The lowest BCUT2D eigenvalue weighted by Gasteiger charge is -2.06. The molecule has 0 aliphatic rings. The highest BCUT2D eigenvalue weighted by Gasteiger charge is 2.15. The van der Waals surface area contributed by atoms with Gasteiger partial charge in [-0.15, -0.1) is 0 Å². The summed E-state index contributed by atoms with van der Waals surface area (Å²) in [7, 11) is 0. The van der Waals surface area contributed by atoms with Gasteiger partial charge in [-0.05, 0) is 24.3 Å². The molecule has 1 amide bonds. The Balaban J connectivity index is 2.24. The van der Waals surface area contributed by atoms with Crippen molar-refractivity contribution in [2.45, 2.75) is 0 Å². The predicted molar refractivity (Wildman–Crippen MR) is 68.4 cm³/mol. The van der Waals surface area contributed by atoms with Gasteiger partial charge in [0.05, 0.1) is 0 Å². The smallest absolute Gasteiger partial charge is 0.358 e. The van der Waals surface area contributed by atoms with Crippen LogP contribution in [0.25, 0.3) is 0 Å². The van der Waals surface area contributed by atoms with E-state index in [1.807, 2.05) is 0 Å². The Morgan fingerprint density at radius 3 is 2.37 bits per heavy atom. The van der Waals surface area contributed by atoms with Crippen LogP contribution in [0.5, 0.6) is 0 Å². The maximum atomic E-state index is 11.9. The van der Waals surface area contributed by atoms with Crippen molar-refractivity contribution >= 4 is 29.3 Å². The molecule has 2 rings (SSSR count). The molecule has 0 aliphatic heterocycles. The fourth-order valence-electron chi connectivity index (χ4n) is 1.37. The lowest BCUT2D eigenvalue weighted by atomic mass is 10.2. The van der Waals surface area contributed by atoms with Crippen molar-refractivity contribution in [2.24, 2.45) is 0 Å². The predicted octanol–water partition coefficient (Wildman–Crippen LogP) is 2.08. The quantitative estimate of drug-likeness (QED) is 0.896. The van der Waals surface area contributed by atoms with Crippen LogP contribution in [0.1, 0.15) is 20.8 Å². The number of halogens is 1. The van der Waals surface area contributed by atoms with E-state index in [1.165, 1.54) is 24.5 Å². The Kier molecular flexibility index (Phi) is 3.72. The van der Waals surface area contributed by atoms with Crippen LogP contribution in [0, 0.1) is 0 Å². The number of carbonyl (C=O) groups excluding carboxylic acids is 1. The molecule has 0 fully saturated rings. The summed E-state index contributed by atoms with van der Waals surface area (Å²) < 4.78 is 0. The Bertz CT molecular complexity index is 628. The minimum atomic E-state index is -1.26. The second-order valence-electron chi connectivity index (χ2n) is 3.52. The number of rotatable bonds is 3. The summed E-state index contributed by atoms with van der Waals surface area (Å²) in [5.74, 6) is -1.85. The van der Waals surface area contributed by atoms with Crippen molar-refractivity contribution in [2.75, 3.05) is 5.32 Å². The van der Waals surface area contributed by atoms with Crippen molar-refractivity contribution in [3.63, 3.8) is 0 Å². The van der Waals surface area contributed by atoms with Gasteiger partial charge in [0.25, 0.3) is 5.91 Å². The zero-order valence-electron chi connectivity index (χ0n) is 9.50. The number of benzene rings is 1. The Morgan fingerprint density at radius 2 is 1.74 bits per heavy atom. The Labute approximate surface area is 113 Å². The summed E-state index contributed by atoms with van der Waals surface area (Å²) in [4.78, 5) is 30.2. The molecule has 0 radical (unpaired) electrons. The number of carboxylic acid groups (broad SMARTS) is 1. The number of hydrogen-bond acceptors (Lipinski definition) is 4. The fourth-order valence-corrected chi connectivity index (χ4v) is 1.49. The highest BCUT2D eigenvalue weighted by Crippen LogP contribution is 2.13. The summed E-state index contributed by atoms with van der Waals surface area (Å²) in [5, 5.41) is 11.8. The van der Waals surface area contributed by atoms with Crippen molar-refractivity contribution in [3.05, 3.63) is 52.9 Å².